The summed E-state index contributed by atoms with van der Waals surface area (Å²) in [5.41, 5.74) is 3.27. The molecule has 1 N–H and O–H groups in total. The normalized spacial score (nSPS) is 12.4. The topological polar surface area (TPSA) is 12.0 Å². The van der Waals surface area contributed by atoms with Gasteiger partial charge in [-0.05, 0) is 53.2 Å². The monoisotopic (exact) mass is 307 g/mol. The number of halogens is 2. The zero-order valence-corrected chi connectivity index (χ0v) is 12.0. The molecule has 0 saturated carbocycles. The maximum Gasteiger partial charge on any atom is 0.137 e. The van der Waals surface area contributed by atoms with Crippen molar-refractivity contribution in [3.63, 3.8) is 0 Å². The Morgan fingerprint density at radius 2 is 1.67 bits per heavy atom. The van der Waals surface area contributed by atoms with Crippen molar-refractivity contribution in [2.45, 2.75) is 13.0 Å². The van der Waals surface area contributed by atoms with Gasteiger partial charge in [-0.15, -0.1) is 0 Å². The molecule has 3 heteroatoms. The molecule has 2 rings (SSSR count). The Balaban J connectivity index is 2.38. The summed E-state index contributed by atoms with van der Waals surface area (Å²) in [5, 5.41) is 3.22. The highest BCUT2D eigenvalue weighted by Crippen LogP contribution is 2.25. The molecule has 0 aromatic heterocycles. The van der Waals surface area contributed by atoms with Crippen LogP contribution in [-0.4, -0.2) is 7.05 Å². The minimum Gasteiger partial charge on any atom is -0.309 e. The molecule has 1 atom stereocenters. The van der Waals surface area contributed by atoms with E-state index in [1.54, 1.807) is 12.1 Å². The van der Waals surface area contributed by atoms with Crippen LogP contribution in [0.4, 0.5) is 4.39 Å². The lowest BCUT2D eigenvalue weighted by Crippen LogP contribution is -2.17. The molecular formula is C15H15BrFN. The van der Waals surface area contributed by atoms with Crippen molar-refractivity contribution in [1.29, 1.82) is 0 Å². The largest absolute Gasteiger partial charge is 0.309 e. The second-order valence-corrected chi connectivity index (χ2v) is 5.16. The lowest BCUT2D eigenvalue weighted by molar-refractivity contribution is 0.610. The Morgan fingerprint density at radius 1 is 1.06 bits per heavy atom. The van der Waals surface area contributed by atoms with E-state index in [1.165, 1.54) is 5.56 Å². The van der Waals surface area contributed by atoms with Crippen LogP contribution < -0.4 is 5.32 Å². The van der Waals surface area contributed by atoms with E-state index in [-0.39, 0.29) is 11.9 Å². The molecule has 1 nitrogen and oxygen atoms in total. The molecule has 2 aromatic rings. The Hall–Kier alpha value is -1.19. The summed E-state index contributed by atoms with van der Waals surface area (Å²) in [6.07, 6.45) is 0. The van der Waals surface area contributed by atoms with Crippen molar-refractivity contribution in [3.8, 4) is 0 Å². The molecule has 0 fully saturated rings. The van der Waals surface area contributed by atoms with Crippen molar-refractivity contribution in [2.75, 3.05) is 7.05 Å². The molecule has 0 aliphatic heterocycles. The summed E-state index contributed by atoms with van der Waals surface area (Å²) in [5.74, 6) is -0.236. The van der Waals surface area contributed by atoms with Crippen LogP contribution in [0.2, 0.25) is 0 Å². The summed E-state index contributed by atoms with van der Waals surface area (Å²) >= 11 is 3.17. The van der Waals surface area contributed by atoms with Crippen molar-refractivity contribution < 1.29 is 4.39 Å². The molecule has 0 amide bonds. The fraction of sp³-hybridized carbons (Fsp3) is 0.200. The van der Waals surface area contributed by atoms with Gasteiger partial charge in [-0.2, -0.15) is 0 Å². The van der Waals surface area contributed by atoms with Crippen LogP contribution in [0.3, 0.4) is 0 Å². The summed E-state index contributed by atoms with van der Waals surface area (Å²) in [6.45, 7) is 2.05. The number of benzene rings is 2. The smallest absolute Gasteiger partial charge is 0.137 e. The third-order valence-electron chi connectivity index (χ3n) is 2.98. The van der Waals surface area contributed by atoms with Crippen LogP contribution >= 0.6 is 15.9 Å². The summed E-state index contributed by atoms with van der Waals surface area (Å²) in [7, 11) is 1.88. The van der Waals surface area contributed by atoms with E-state index in [4.69, 9.17) is 0 Å². The minimum atomic E-state index is -0.236. The lowest BCUT2D eigenvalue weighted by Gasteiger charge is -2.17. The van der Waals surface area contributed by atoms with Crippen molar-refractivity contribution in [1.82, 2.24) is 5.32 Å². The second kappa shape index (κ2) is 5.63. The quantitative estimate of drug-likeness (QED) is 0.896. The van der Waals surface area contributed by atoms with Gasteiger partial charge in [0.1, 0.15) is 5.82 Å². The molecule has 1 unspecified atom stereocenters. The maximum absolute atomic E-state index is 13.6. The number of nitrogens with one attached hydrogen (secondary N) is 1. The fourth-order valence-corrected chi connectivity index (χ4v) is 2.22. The van der Waals surface area contributed by atoms with Gasteiger partial charge in [0, 0.05) is 0 Å². The van der Waals surface area contributed by atoms with Crippen LogP contribution in [0.15, 0.2) is 46.9 Å². The molecule has 0 radical (unpaired) electrons. The van der Waals surface area contributed by atoms with Gasteiger partial charge in [-0.3, -0.25) is 0 Å². The van der Waals surface area contributed by atoms with E-state index < -0.39 is 0 Å². The van der Waals surface area contributed by atoms with Crippen LogP contribution in [0.25, 0.3) is 0 Å². The standard InChI is InChI=1S/C15H15BrFN/c1-10-3-5-11(6-4-10)15(18-2)12-7-8-13(16)14(17)9-12/h3-9,15,18H,1-2H3. The van der Waals surface area contributed by atoms with E-state index >= 15 is 0 Å². The molecular weight excluding hydrogens is 293 g/mol. The van der Waals surface area contributed by atoms with E-state index in [0.29, 0.717) is 4.47 Å². The van der Waals surface area contributed by atoms with Gasteiger partial charge >= 0.3 is 0 Å². The summed E-state index contributed by atoms with van der Waals surface area (Å²) in [4.78, 5) is 0. The zero-order valence-electron chi connectivity index (χ0n) is 10.4. The van der Waals surface area contributed by atoms with Crippen LogP contribution in [0.5, 0.6) is 0 Å². The molecule has 0 heterocycles. The Kier molecular flexibility index (Phi) is 4.15. The third-order valence-corrected chi connectivity index (χ3v) is 3.62. The Morgan fingerprint density at radius 3 is 2.22 bits per heavy atom. The highest BCUT2D eigenvalue weighted by Gasteiger charge is 2.13. The number of rotatable bonds is 3. The summed E-state index contributed by atoms with van der Waals surface area (Å²) < 4.78 is 14.1. The van der Waals surface area contributed by atoms with Crippen molar-refractivity contribution in [3.05, 3.63) is 69.4 Å². The van der Waals surface area contributed by atoms with Crippen LogP contribution in [-0.2, 0) is 0 Å². The third kappa shape index (κ3) is 2.79. The van der Waals surface area contributed by atoms with E-state index in [9.17, 15) is 4.39 Å². The first kappa shape index (κ1) is 13.2. The van der Waals surface area contributed by atoms with Gasteiger partial charge in [-0.1, -0.05) is 35.9 Å². The van der Waals surface area contributed by atoms with Gasteiger partial charge < -0.3 is 5.32 Å². The number of aryl methyl sites for hydroxylation is 1. The van der Waals surface area contributed by atoms with Crippen molar-refractivity contribution >= 4 is 15.9 Å². The summed E-state index contributed by atoms with van der Waals surface area (Å²) in [6, 6.07) is 13.5. The first-order valence-electron chi connectivity index (χ1n) is 5.80. The van der Waals surface area contributed by atoms with Gasteiger partial charge in [0.25, 0.3) is 0 Å². The predicted octanol–water partition coefficient (Wildman–Crippen LogP) is 4.21. The maximum atomic E-state index is 13.6. The average molecular weight is 308 g/mol. The second-order valence-electron chi connectivity index (χ2n) is 4.31. The van der Waals surface area contributed by atoms with Gasteiger partial charge in [-0.25, -0.2) is 4.39 Å². The van der Waals surface area contributed by atoms with E-state index in [0.717, 1.165) is 11.1 Å². The SMILES string of the molecule is CNC(c1ccc(C)cc1)c1ccc(Br)c(F)c1. The number of hydrogen-bond acceptors (Lipinski definition) is 1. The molecule has 18 heavy (non-hydrogen) atoms. The highest BCUT2D eigenvalue weighted by molar-refractivity contribution is 9.10. The first-order chi connectivity index (χ1) is 8.61. The lowest BCUT2D eigenvalue weighted by atomic mass is 9.98. The predicted molar refractivity (Wildman–Crippen MR) is 76.2 cm³/mol. The Labute approximate surface area is 115 Å². The zero-order chi connectivity index (χ0) is 13.1. The van der Waals surface area contributed by atoms with Crippen LogP contribution in [0.1, 0.15) is 22.7 Å². The molecule has 0 saturated heterocycles. The molecule has 0 spiro atoms. The van der Waals surface area contributed by atoms with E-state index in [1.807, 2.05) is 13.1 Å². The first-order valence-corrected chi connectivity index (χ1v) is 6.60. The molecule has 0 bridgehead atoms. The molecule has 2 aromatic carbocycles. The van der Waals surface area contributed by atoms with Gasteiger partial charge in [0.15, 0.2) is 0 Å². The average Bonchev–Trinajstić information content (AvgIpc) is 2.37. The van der Waals surface area contributed by atoms with Gasteiger partial charge in [0.2, 0.25) is 0 Å². The van der Waals surface area contributed by atoms with E-state index in [2.05, 4.69) is 52.4 Å². The highest BCUT2D eigenvalue weighted by atomic mass is 79.9. The molecule has 0 aliphatic rings. The van der Waals surface area contributed by atoms with Gasteiger partial charge in [0.05, 0.1) is 10.5 Å². The number of hydrogen-bond donors (Lipinski definition) is 1. The molecule has 0 aliphatic carbocycles. The minimum absolute atomic E-state index is 0.00759. The van der Waals surface area contributed by atoms with Crippen molar-refractivity contribution in [2.24, 2.45) is 0 Å². The van der Waals surface area contributed by atoms with Crippen LogP contribution in [0, 0.1) is 12.7 Å². The Bertz CT molecular complexity index is 537. The fourth-order valence-electron chi connectivity index (χ4n) is 1.98. The molecule has 94 valence electrons.